The molecule has 19 heavy (non-hydrogen) atoms. The second-order valence-electron chi connectivity index (χ2n) is 5.62. The van der Waals surface area contributed by atoms with Gasteiger partial charge in [0, 0.05) is 18.1 Å². The number of hydrogen-bond donors (Lipinski definition) is 1. The van der Waals surface area contributed by atoms with Crippen LogP contribution in [-0.2, 0) is 4.84 Å². The zero-order chi connectivity index (χ0) is 13.9. The molecule has 0 saturated heterocycles. The van der Waals surface area contributed by atoms with Gasteiger partial charge in [-0.1, -0.05) is 12.1 Å². The standard InChI is InChI=1S/C15H21N3O/c1-12(17-19-15(2,3)4)13-5-7-14(8-6-13)18-10-9-16-11-18/h5-12,17H,1-4H3. The first-order valence-corrected chi connectivity index (χ1v) is 6.47. The lowest BCUT2D eigenvalue weighted by molar-refractivity contribution is -0.0866. The molecule has 2 rings (SSSR count). The Morgan fingerprint density at radius 1 is 1.21 bits per heavy atom. The van der Waals surface area contributed by atoms with Crippen molar-refractivity contribution in [3.63, 3.8) is 0 Å². The number of nitrogens with zero attached hydrogens (tertiary/aromatic N) is 2. The third-order valence-corrected chi connectivity index (χ3v) is 2.74. The summed E-state index contributed by atoms with van der Waals surface area (Å²) < 4.78 is 1.98. The summed E-state index contributed by atoms with van der Waals surface area (Å²) in [6.07, 6.45) is 5.49. The van der Waals surface area contributed by atoms with Crippen molar-refractivity contribution < 1.29 is 4.84 Å². The normalized spacial score (nSPS) is 13.5. The van der Waals surface area contributed by atoms with Gasteiger partial charge in [-0.3, -0.25) is 4.84 Å². The summed E-state index contributed by atoms with van der Waals surface area (Å²) in [5, 5.41) is 0. The van der Waals surface area contributed by atoms with Gasteiger partial charge in [0.15, 0.2) is 0 Å². The highest BCUT2D eigenvalue weighted by Crippen LogP contribution is 2.17. The lowest BCUT2D eigenvalue weighted by Gasteiger charge is -2.23. The minimum Gasteiger partial charge on any atom is -0.306 e. The van der Waals surface area contributed by atoms with Crippen LogP contribution in [0.3, 0.4) is 0 Å². The molecule has 1 aromatic heterocycles. The van der Waals surface area contributed by atoms with Crippen molar-refractivity contribution in [1.82, 2.24) is 15.0 Å². The molecule has 0 saturated carbocycles. The van der Waals surface area contributed by atoms with Crippen LogP contribution in [0.1, 0.15) is 39.3 Å². The first-order chi connectivity index (χ1) is 8.96. The van der Waals surface area contributed by atoms with E-state index in [-0.39, 0.29) is 11.6 Å². The number of nitrogens with one attached hydrogen (secondary N) is 1. The van der Waals surface area contributed by atoms with Crippen LogP contribution in [0.4, 0.5) is 0 Å². The van der Waals surface area contributed by atoms with Crippen LogP contribution >= 0.6 is 0 Å². The summed E-state index contributed by atoms with van der Waals surface area (Å²) >= 11 is 0. The number of rotatable bonds is 4. The van der Waals surface area contributed by atoms with E-state index in [0.717, 1.165) is 5.69 Å². The molecule has 0 fully saturated rings. The molecule has 0 radical (unpaired) electrons. The molecule has 2 aromatic rings. The van der Waals surface area contributed by atoms with E-state index >= 15 is 0 Å². The molecule has 1 unspecified atom stereocenters. The Morgan fingerprint density at radius 3 is 2.42 bits per heavy atom. The van der Waals surface area contributed by atoms with Gasteiger partial charge in [0.25, 0.3) is 0 Å². The SMILES string of the molecule is CC(NOC(C)(C)C)c1ccc(-n2ccnc2)cc1. The summed E-state index contributed by atoms with van der Waals surface area (Å²) in [4.78, 5) is 9.63. The third-order valence-electron chi connectivity index (χ3n) is 2.74. The molecular weight excluding hydrogens is 238 g/mol. The van der Waals surface area contributed by atoms with Crippen LogP contribution in [0, 0.1) is 0 Å². The van der Waals surface area contributed by atoms with Crippen molar-refractivity contribution in [2.45, 2.75) is 39.3 Å². The molecule has 0 bridgehead atoms. The molecule has 0 aliphatic heterocycles. The van der Waals surface area contributed by atoms with E-state index in [0.29, 0.717) is 0 Å². The largest absolute Gasteiger partial charge is 0.306 e. The van der Waals surface area contributed by atoms with Crippen molar-refractivity contribution in [3.05, 3.63) is 48.5 Å². The zero-order valence-electron chi connectivity index (χ0n) is 11.9. The quantitative estimate of drug-likeness (QED) is 0.857. The molecule has 1 aromatic carbocycles. The Balaban J connectivity index is 2.02. The van der Waals surface area contributed by atoms with E-state index in [4.69, 9.17) is 4.84 Å². The number of imidazole rings is 1. The first-order valence-electron chi connectivity index (χ1n) is 6.47. The van der Waals surface area contributed by atoms with E-state index < -0.39 is 0 Å². The third kappa shape index (κ3) is 3.91. The Kier molecular flexibility index (Phi) is 4.02. The monoisotopic (exact) mass is 259 g/mol. The van der Waals surface area contributed by atoms with E-state index in [1.54, 1.807) is 12.5 Å². The van der Waals surface area contributed by atoms with Crippen molar-refractivity contribution in [2.24, 2.45) is 0 Å². The highest BCUT2D eigenvalue weighted by atomic mass is 16.7. The molecular formula is C15H21N3O. The molecule has 0 aliphatic carbocycles. The van der Waals surface area contributed by atoms with Gasteiger partial charge in [-0.15, -0.1) is 0 Å². The van der Waals surface area contributed by atoms with Crippen molar-refractivity contribution in [2.75, 3.05) is 0 Å². The highest BCUT2D eigenvalue weighted by molar-refractivity contribution is 5.35. The van der Waals surface area contributed by atoms with Crippen LogP contribution in [0.2, 0.25) is 0 Å². The maximum Gasteiger partial charge on any atom is 0.0991 e. The minimum absolute atomic E-state index is 0.149. The van der Waals surface area contributed by atoms with Crippen LogP contribution in [0.15, 0.2) is 43.0 Å². The summed E-state index contributed by atoms with van der Waals surface area (Å²) in [7, 11) is 0. The van der Waals surface area contributed by atoms with Gasteiger partial charge in [-0.2, -0.15) is 5.48 Å². The fraction of sp³-hybridized carbons (Fsp3) is 0.400. The summed E-state index contributed by atoms with van der Waals surface area (Å²) in [5.41, 5.74) is 5.17. The van der Waals surface area contributed by atoms with Gasteiger partial charge < -0.3 is 4.57 Å². The number of aromatic nitrogens is 2. The topological polar surface area (TPSA) is 39.1 Å². The van der Waals surface area contributed by atoms with Gasteiger partial charge >= 0.3 is 0 Å². The van der Waals surface area contributed by atoms with Crippen molar-refractivity contribution in [1.29, 1.82) is 0 Å². The Labute approximate surface area is 114 Å². The van der Waals surface area contributed by atoms with Gasteiger partial charge in [0.05, 0.1) is 18.0 Å². The predicted octanol–water partition coefficient (Wildman–Crippen LogP) is 3.25. The summed E-state index contributed by atoms with van der Waals surface area (Å²) in [6, 6.07) is 8.49. The van der Waals surface area contributed by atoms with E-state index in [2.05, 4.69) is 41.7 Å². The summed E-state index contributed by atoms with van der Waals surface area (Å²) in [5.74, 6) is 0. The van der Waals surface area contributed by atoms with Crippen LogP contribution in [0.5, 0.6) is 0 Å². The number of benzene rings is 1. The average Bonchev–Trinajstić information content (AvgIpc) is 2.89. The molecule has 102 valence electrons. The molecule has 1 atom stereocenters. The number of hydrogen-bond acceptors (Lipinski definition) is 3. The number of hydroxylamine groups is 1. The molecule has 1 heterocycles. The molecule has 1 N–H and O–H groups in total. The first kappa shape index (κ1) is 13.8. The van der Waals surface area contributed by atoms with E-state index in [1.165, 1.54) is 5.56 Å². The lowest BCUT2D eigenvalue weighted by Crippen LogP contribution is -2.30. The predicted molar refractivity (Wildman–Crippen MR) is 76.0 cm³/mol. The van der Waals surface area contributed by atoms with Gasteiger partial charge in [-0.25, -0.2) is 4.98 Å². The second-order valence-corrected chi connectivity index (χ2v) is 5.62. The maximum absolute atomic E-state index is 5.58. The second kappa shape index (κ2) is 5.55. The summed E-state index contributed by atoms with van der Waals surface area (Å²) in [6.45, 7) is 8.15. The highest BCUT2D eigenvalue weighted by Gasteiger charge is 2.13. The average molecular weight is 259 g/mol. The lowest BCUT2D eigenvalue weighted by atomic mass is 10.1. The molecule has 0 amide bonds. The van der Waals surface area contributed by atoms with Crippen molar-refractivity contribution >= 4 is 0 Å². The zero-order valence-corrected chi connectivity index (χ0v) is 11.9. The minimum atomic E-state index is -0.189. The molecule has 4 nitrogen and oxygen atoms in total. The van der Waals surface area contributed by atoms with Crippen LogP contribution in [-0.4, -0.2) is 15.2 Å². The van der Waals surface area contributed by atoms with Crippen LogP contribution in [0.25, 0.3) is 5.69 Å². The fourth-order valence-corrected chi connectivity index (χ4v) is 1.68. The Hall–Kier alpha value is -1.65. The Morgan fingerprint density at radius 2 is 1.89 bits per heavy atom. The van der Waals surface area contributed by atoms with E-state index in [9.17, 15) is 0 Å². The van der Waals surface area contributed by atoms with E-state index in [1.807, 2.05) is 31.5 Å². The van der Waals surface area contributed by atoms with Gasteiger partial charge in [0.1, 0.15) is 0 Å². The molecule has 0 spiro atoms. The van der Waals surface area contributed by atoms with Gasteiger partial charge in [0.2, 0.25) is 0 Å². The van der Waals surface area contributed by atoms with Crippen LogP contribution < -0.4 is 5.48 Å². The van der Waals surface area contributed by atoms with Gasteiger partial charge in [-0.05, 0) is 45.4 Å². The smallest absolute Gasteiger partial charge is 0.0991 e. The molecule has 4 heteroatoms. The molecule has 0 aliphatic rings. The van der Waals surface area contributed by atoms with Crippen molar-refractivity contribution in [3.8, 4) is 5.69 Å². The Bertz CT molecular complexity index is 497. The fourth-order valence-electron chi connectivity index (χ4n) is 1.68. The maximum atomic E-state index is 5.58.